The molecule has 132 valence electrons. The molecule has 5 heteroatoms. The molecule has 1 heterocycles. The van der Waals surface area contributed by atoms with Gasteiger partial charge in [-0.3, -0.25) is 0 Å². The zero-order valence-corrected chi connectivity index (χ0v) is 16.3. The summed E-state index contributed by atoms with van der Waals surface area (Å²) < 4.78 is 1.30. The van der Waals surface area contributed by atoms with Crippen LogP contribution in [-0.4, -0.2) is 19.6 Å². The Kier molecular flexibility index (Phi) is 4.07. The van der Waals surface area contributed by atoms with E-state index in [4.69, 9.17) is 11.8 Å². The number of rotatable bonds is 1. The number of aromatic hydroxyl groups is 1. The minimum atomic E-state index is -0.272. The fraction of sp³-hybridized carbons (Fsp3) is 0.400. The summed E-state index contributed by atoms with van der Waals surface area (Å²) in [6, 6.07) is 9.76. The highest BCUT2D eigenvalue weighted by Gasteiger charge is 2.35. The maximum atomic E-state index is 11.3. The van der Waals surface area contributed by atoms with E-state index >= 15 is 0 Å². The number of aromatic nitrogens is 3. The van der Waals surface area contributed by atoms with Gasteiger partial charge in [-0.15, -0.1) is 5.10 Å². The highest BCUT2D eigenvalue weighted by atomic mass is 35.5. The quantitative estimate of drug-likeness (QED) is 0.634. The maximum absolute atomic E-state index is 11.3. The average molecular weight is 358 g/mol. The lowest BCUT2D eigenvalue weighted by Gasteiger charge is -2.32. The second kappa shape index (κ2) is 5.73. The van der Waals surface area contributed by atoms with Crippen molar-refractivity contribution in [2.24, 2.45) is 0 Å². The Morgan fingerprint density at radius 3 is 2.00 bits per heavy atom. The molecule has 3 aromatic rings. The van der Waals surface area contributed by atoms with Crippen LogP contribution in [0.25, 0.3) is 22.2 Å². The zero-order chi connectivity index (χ0) is 18.6. The van der Waals surface area contributed by atoms with Gasteiger partial charge in [-0.05, 0) is 27.2 Å². The number of phenols is 1. The van der Waals surface area contributed by atoms with E-state index < -0.39 is 0 Å². The number of hydrogen-bond acceptors (Lipinski definition) is 3. The Balaban J connectivity index is 2.59. The molecule has 0 unspecified atom stereocenters. The zero-order valence-electron chi connectivity index (χ0n) is 15.6. The van der Waals surface area contributed by atoms with Gasteiger partial charge in [0.05, 0.1) is 5.56 Å². The van der Waals surface area contributed by atoms with E-state index in [-0.39, 0.29) is 16.6 Å². The SMILES string of the molecule is CC(C)(C)c1c(O)c(-c2ccccc2)c2nnn(Cl)c2c1C(C)(C)C. The molecule has 0 atom stereocenters. The number of phenolic OH excluding ortho intramolecular Hbond substituents is 1. The Labute approximate surface area is 153 Å². The summed E-state index contributed by atoms with van der Waals surface area (Å²) in [5, 5.41) is 19.6. The molecular weight excluding hydrogens is 334 g/mol. The van der Waals surface area contributed by atoms with E-state index in [9.17, 15) is 5.11 Å². The lowest BCUT2D eigenvalue weighted by Crippen LogP contribution is -2.23. The van der Waals surface area contributed by atoms with Crippen LogP contribution in [-0.2, 0) is 10.8 Å². The van der Waals surface area contributed by atoms with Gasteiger partial charge in [0.2, 0.25) is 0 Å². The summed E-state index contributed by atoms with van der Waals surface area (Å²) >= 11 is 6.38. The van der Waals surface area contributed by atoms with E-state index in [2.05, 4.69) is 51.9 Å². The number of benzene rings is 2. The minimum Gasteiger partial charge on any atom is -0.507 e. The van der Waals surface area contributed by atoms with Crippen LogP contribution in [0, 0.1) is 0 Å². The molecule has 2 aromatic carbocycles. The van der Waals surface area contributed by atoms with E-state index in [1.165, 1.54) is 4.20 Å². The van der Waals surface area contributed by atoms with Gasteiger partial charge in [0.1, 0.15) is 16.8 Å². The average Bonchev–Trinajstić information content (AvgIpc) is 2.86. The Morgan fingerprint density at radius 2 is 1.48 bits per heavy atom. The molecule has 1 aromatic heterocycles. The normalized spacial score (nSPS) is 12.8. The van der Waals surface area contributed by atoms with Crippen LogP contribution in [0.5, 0.6) is 5.75 Å². The second-order valence-corrected chi connectivity index (χ2v) is 8.81. The van der Waals surface area contributed by atoms with Crippen LogP contribution < -0.4 is 0 Å². The molecule has 0 saturated heterocycles. The van der Waals surface area contributed by atoms with Crippen molar-refractivity contribution in [2.75, 3.05) is 0 Å². The van der Waals surface area contributed by atoms with E-state index in [1.807, 2.05) is 30.3 Å². The van der Waals surface area contributed by atoms with Crippen molar-refractivity contribution < 1.29 is 5.11 Å². The van der Waals surface area contributed by atoms with Crippen molar-refractivity contribution in [3.63, 3.8) is 0 Å². The first-order valence-corrected chi connectivity index (χ1v) is 8.74. The summed E-state index contributed by atoms with van der Waals surface area (Å²) in [5.41, 5.74) is 4.32. The molecule has 0 fully saturated rings. The Morgan fingerprint density at radius 1 is 0.920 bits per heavy atom. The highest BCUT2D eigenvalue weighted by molar-refractivity contribution is 6.19. The summed E-state index contributed by atoms with van der Waals surface area (Å²) in [7, 11) is 0. The van der Waals surface area contributed by atoms with E-state index in [0.29, 0.717) is 11.1 Å². The molecule has 0 bridgehead atoms. The van der Waals surface area contributed by atoms with Gasteiger partial charge in [0, 0.05) is 17.3 Å². The molecule has 0 spiro atoms. The molecule has 3 rings (SSSR count). The predicted octanol–water partition coefficient (Wildman–Crippen LogP) is 5.40. The summed E-state index contributed by atoms with van der Waals surface area (Å²) in [4.78, 5) is 0. The molecule has 0 saturated carbocycles. The van der Waals surface area contributed by atoms with Crippen LogP contribution in [0.3, 0.4) is 0 Å². The molecule has 4 nitrogen and oxygen atoms in total. The van der Waals surface area contributed by atoms with Crippen LogP contribution >= 0.6 is 11.8 Å². The topological polar surface area (TPSA) is 50.9 Å². The van der Waals surface area contributed by atoms with Gasteiger partial charge in [-0.1, -0.05) is 71.9 Å². The van der Waals surface area contributed by atoms with E-state index in [1.54, 1.807) is 0 Å². The van der Waals surface area contributed by atoms with Gasteiger partial charge in [0.25, 0.3) is 0 Å². The maximum Gasteiger partial charge on any atom is 0.129 e. The summed E-state index contributed by atoms with van der Waals surface area (Å²) in [6.07, 6.45) is 0. The summed E-state index contributed by atoms with van der Waals surface area (Å²) in [5.74, 6) is 0.258. The van der Waals surface area contributed by atoms with Gasteiger partial charge < -0.3 is 5.11 Å². The van der Waals surface area contributed by atoms with Crippen molar-refractivity contribution in [1.82, 2.24) is 14.5 Å². The van der Waals surface area contributed by atoms with Crippen molar-refractivity contribution in [3.8, 4) is 16.9 Å². The molecule has 0 aliphatic rings. The molecule has 0 aliphatic heterocycles. The molecule has 0 amide bonds. The highest BCUT2D eigenvalue weighted by Crippen LogP contribution is 2.49. The number of hydrogen-bond donors (Lipinski definition) is 1. The Bertz CT molecular complexity index is 932. The first-order valence-electron chi connectivity index (χ1n) is 8.40. The third-order valence-electron chi connectivity index (χ3n) is 4.39. The molecule has 1 N–H and O–H groups in total. The third kappa shape index (κ3) is 2.89. The molecule has 0 radical (unpaired) electrons. The van der Waals surface area contributed by atoms with E-state index in [0.717, 1.165) is 22.2 Å². The van der Waals surface area contributed by atoms with Crippen LogP contribution in [0.15, 0.2) is 30.3 Å². The monoisotopic (exact) mass is 357 g/mol. The molecule has 0 aliphatic carbocycles. The van der Waals surface area contributed by atoms with Crippen molar-refractivity contribution in [3.05, 3.63) is 41.5 Å². The Hall–Kier alpha value is -2.07. The van der Waals surface area contributed by atoms with Gasteiger partial charge in [-0.25, -0.2) is 0 Å². The molecule has 25 heavy (non-hydrogen) atoms. The largest absolute Gasteiger partial charge is 0.507 e. The van der Waals surface area contributed by atoms with Crippen molar-refractivity contribution in [1.29, 1.82) is 0 Å². The van der Waals surface area contributed by atoms with Gasteiger partial charge in [0.15, 0.2) is 0 Å². The molecular formula is C20H24ClN3O. The van der Waals surface area contributed by atoms with Gasteiger partial charge >= 0.3 is 0 Å². The number of nitrogens with zero attached hydrogens (tertiary/aromatic N) is 3. The van der Waals surface area contributed by atoms with Crippen molar-refractivity contribution >= 4 is 22.8 Å². The van der Waals surface area contributed by atoms with Crippen LogP contribution in [0.2, 0.25) is 0 Å². The fourth-order valence-electron chi connectivity index (χ4n) is 3.46. The number of halogens is 1. The van der Waals surface area contributed by atoms with Crippen LogP contribution in [0.1, 0.15) is 52.7 Å². The fourth-order valence-corrected chi connectivity index (χ4v) is 3.65. The lowest BCUT2D eigenvalue weighted by molar-refractivity contribution is 0.439. The summed E-state index contributed by atoms with van der Waals surface area (Å²) in [6.45, 7) is 12.6. The standard InChI is InChI=1S/C20H24ClN3O/c1-19(2,3)14-15(20(4,5)6)18(25)13(12-10-8-7-9-11-12)16-17(14)24(21)23-22-16/h7-11,25H,1-6H3. The number of fused-ring (bicyclic) bond motifs is 1. The lowest BCUT2D eigenvalue weighted by atomic mass is 9.73. The van der Waals surface area contributed by atoms with Gasteiger partial charge in [-0.2, -0.15) is 4.20 Å². The first-order chi connectivity index (χ1) is 11.5. The second-order valence-electron chi connectivity index (χ2n) is 8.49. The predicted molar refractivity (Wildman–Crippen MR) is 103 cm³/mol. The minimum absolute atomic E-state index is 0.234. The smallest absolute Gasteiger partial charge is 0.129 e. The van der Waals surface area contributed by atoms with Crippen LogP contribution in [0.4, 0.5) is 0 Å². The first kappa shape index (κ1) is 17.7. The van der Waals surface area contributed by atoms with Crippen molar-refractivity contribution in [2.45, 2.75) is 52.4 Å². The third-order valence-corrected chi connectivity index (χ3v) is 4.63.